The van der Waals surface area contributed by atoms with Crippen LogP contribution in [0.25, 0.3) is 0 Å². The minimum Gasteiger partial charge on any atom is -0.482 e. The fourth-order valence-corrected chi connectivity index (χ4v) is 3.14. The summed E-state index contributed by atoms with van der Waals surface area (Å²) < 4.78 is 11.0. The number of hydrogen-bond donors (Lipinski definition) is 0. The molecule has 128 valence electrons. The van der Waals surface area contributed by atoms with Crippen LogP contribution in [-0.4, -0.2) is 40.7 Å². The summed E-state index contributed by atoms with van der Waals surface area (Å²) in [4.78, 5) is 14.1. The van der Waals surface area contributed by atoms with Gasteiger partial charge >= 0.3 is 0 Å². The standard InChI is InChI=1S/C16H17Cl2N3O3/c1-10-19-20-16(24-10)11-4-6-21(7-5-11)15(22)9-23-14-3-2-12(17)8-13(14)18/h2-3,8,11H,4-7,9H2,1H3. The number of likely N-dealkylation sites (tertiary alicyclic amines) is 1. The molecule has 24 heavy (non-hydrogen) atoms. The van der Waals surface area contributed by atoms with E-state index in [1.807, 2.05) is 0 Å². The topological polar surface area (TPSA) is 68.5 Å². The molecule has 8 heteroatoms. The van der Waals surface area contributed by atoms with Gasteiger partial charge in [0.25, 0.3) is 5.91 Å². The third-order valence-corrected chi connectivity index (χ3v) is 4.51. The number of aryl methyl sites for hydroxylation is 1. The quantitative estimate of drug-likeness (QED) is 0.824. The van der Waals surface area contributed by atoms with Crippen LogP contribution in [0.4, 0.5) is 0 Å². The van der Waals surface area contributed by atoms with Crippen molar-refractivity contribution < 1.29 is 13.9 Å². The van der Waals surface area contributed by atoms with Gasteiger partial charge in [-0.2, -0.15) is 0 Å². The average molecular weight is 370 g/mol. The molecule has 1 fully saturated rings. The number of ether oxygens (including phenoxy) is 1. The summed E-state index contributed by atoms with van der Waals surface area (Å²) in [5.74, 6) is 1.81. The van der Waals surface area contributed by atoms with Crippen molar-refractivity contribution in [2.75, 3.05) is 19.7 Å². The van der Waals surface area contributed by atoms with Gasteiger partial charge < -0.3 is 14.1 Å². The molecule has 0 N–H and O–H groups in total. The van der Waals surface area contributed by atoms with Crippen LogP contribution in [0.1, 0.15) is 30.5 Å². The van der Waals surface area contributed by atoms with E-state index in [4.69, 9.17) is 32.4 Å². The number of carbonyl (C=O) groups is 1. The molecule has 2 aromatic rings. The summed E-state index contributed by atoms with van der Waals surface area (Å²) in [5.41, 5.74) is 0. The van der Waals surface area contributed by atoms with Crippen LogP contribution in [0.5, 0.6) is 5.75 Å². The monoisotopic (exact) mass is 369 g/mol. The maximum absolute atomic E-state index is 12.3. The first-order valence-corrected chi connectivity index (χ1v) is 8.44. The Hall–Kier alpha value is -1.79. The molecule has 1 aliphatic heterocycles. The van der Waals surface area contributed by atoms with Crippen molar-refractivity contribution in [2.45, 2.75) is 25.7 Å². The van der Waals surface area contributed by atoms with Crippen LogP contribution in [0.3, 0.4) is 0 Å². The van der Waals surface area contributed by atoms with Crippen LogP contribution in [0.2, 0.25) is 10.0 Å². The second-order valence-corrected chi connectivity index (χ2v) is 6.52. The largest absolute Gasteiger partial charge is 0.482 e. The molecule has 0 atom stereocenters. The SMILES string of the molecule is Cc1nnc(C2CCN(C(=O)COc3ccc(Cl)cc3Cl)CC2)o1. The highest BCUT2D eigenvalue weighted by Gasteiger charge is 2.27. The highest BCUT2D eigenvalue weighted by molar-refractivity contribution is 6.35. The minimum atomic E-state index is -0.0684. The zero-order valence-corrected chi connectivity index (χ0v) is 14.7. The molecule has 1 saturated heterocycles. The first kappa shape index (κ1) is 17.0. The Balaban J connectivity index is 1.50. The number of benzene rings is 1. The summed E-state index contributed by atoms with van der Waals surface area (Å²) in [5, 5.41) is 8.83. The van der Waals surface area contributed by atoms with Gasteiger partial charge in [-0.15, -0.1) is 10.2 Å². The minimum absolute atomic E-state index is 0.0499. The molecule has 1 amide bonds. The Kier molecular flexibility index (Phi) is 5.26. The van der Waals surface area contributed by atoms with E-state index in [9.17, 15) is 4.79 Å². The summed E-state index contributed by atoms with van der Waals surface area (Å²) >= 11 is 11.9. The lowest BCUT2D eigenvalue weighted by Gasteiger charge is -2.30. The lowest BCUT2D eigenvalue weighted by Crippen LogP contribution is -2.40. The Morgan fingerprint density at radius 1 is 1.33 bits per heavy atom. The van der Waals surface area contributed by atoms with Crippen LogP contribution in [-0.2, 0) is 4.79 Å². The molecular weight excluding hydrogens is 353 g/mol. The van der Waals surface area contributed by atoms with E-state index in [1.54, 1.807) is 30.0 Å². The highest BCUT2D eigenvalue weighted by atomic mass is 35.5. The molecule has 0 radical (unpaired) electrons. The molecule has 6 nitrogen and oxygen atoms in total. The fraction of sp³-hybridized carbons (Fsp3) is 0.438. The van der Waals surface area contributed by atoms with Crippen molar-refractivity contribution in [1.82, 2.24) is 15.1 Å². The van der Waals surface area contributed by atoms with Crippen molar-refractivity contribution in [3.05, 3.63) is 40.0 Å². The third kappa shape index (κ3) is 3.99. The predicted molar refractivity (Wildman–Crippen MR) is 89.5 cm³/mol. The van der Waals surface area contributed by atoms with Crippen LogP contribution in [0, 0.1) is 6.92 Å². The lowest BCUT2D eigenvalue weighted by molar-refractivity contribution is -0.134. The Labute approximate surface area is 149 Å². The molecule has 3 rings (SSSR count). The number of halogens is 2. The van der Waals surface area contributed by atoms with E-state index < -0.39 is 0 Å². The number of rotatable bonds is 4. The summed E-state index contributed by atoms with van der Waals surface area (Å²) in [6.07, 6.45) is 1.60. The van der Waals surface area contributed by atoms with E-state index in [0.717, 1.165) is 12.8 Å². The number of aromatic nitrogens is 2. The van der Waals surface area contributed by atoms with Crippen molar-refractivity contribution in [3.8, 4) is 5.75 Å². The number of nitrogens with zero attached hydrogens (tertiary/aromatic N) is 3. The van der Waals surface area contributed by atoms with Gasteiger partial charge in [0, 0.05) is 31.0 Å². The first-order valence-electron chi connectivity index (χ1n) is 7.68. The number of amides is 1. The number of piperidine rings is 1. The van der Waals surface area contributed by atoms with Crippen molar-refractivity contribution in [3.63, 3.8) is 0 Å². The fourth-order valence-electron chi connectivity index (χ4n) is 2.68. The smallest absolute Gasteiger partial charge is 0.260 e. The van der Waals surface area contributed by atoms with E-state index >= 15 is 0 Å². The molecule has 0 aliphatic carbocycles. The Morgan fingerprint density at radius 3 is 2.71 bits per heavy atom. The molecule has 0 bridgehead atoms. The van der Waals surface area contributed by atoms with Gasteiger partial charge in [-0.1, -0.05) is 23.2 Å². The predicted octanol–water partition coefficient (Wildman–Crippen LogP) is 3.47. The number of carbonyl (C=O) groups excluding carboxylic acids is 1. The maximum Gasteiger partial charge on any atom is 0.260 e. The van der Waals surface area contributed by atoms with E-state index in [2.05, 4.69) is 10.2 Å². The Morgan fingerprint density at radius 2 is 2.08 bits per heavy atom. The average Bonchev–Trinajstić information content (AvgIpc) is 3.00. The molecule has 0 saturated carbocycles. The van der Waals surface area contributed by atoms with Crippen molar-refractivity contribution in [2.24, 2.45) is 0 Å². The van der Waals surface area contributed by atoms with Gasteiger partial charge in [0.15, 0.2) is 6.61 Å². The van der Waals surface area contributed by atoms with Crippen LogP contribution in [0.15, 0.2) is 22.6 Å². The maximum atomic E-state index is 12.3. The highest BCUT2D eigenvalue weighted by Crippen LogP contribution is 2.29. The van der Waals surface area contributed by atoms with E-state index in [-0.39, 0.29) is 18.4 Å². The molecule has 1 aromatic carbocycles. The molecule has 0 unspecified atom stereocenters. The van der Waals surface area contributed by atoms with E-state index in [1.165, 1.54) is 0 Å². The van der Waals surface area contributed by atoms with Gasteiger partial charge in [-0.3, -0.25) is 4.79 Å². The van der Waals surface area contributed by atoms with E-state index in [0.29, 0.717) is 40.7 Å². The van der Waals surface area contributed by atoms with Crippen molar-refractivity contribution >= 4 is 29.1 Å². The molecule has 2 heterocycles. The normalized spacial score (nSPS) is 15.5. The lowest BCUT2D eigenvalue weighted by atomic mass is 9.97. The molecular formula is C16H17Cl2N3O3. The second kappa shape index (κ2) is 7.40. The summed E-state index contributed by atoms with van der Waals surface area (Å²) in [7, 11) is 0. The van der Waals surface area contributed by atoms with Gasteiger partial charge in [0.1, 0.15) is 5.75 Å². The summed E-state index contributed by atoms with van der Waals surface area (Å²) in [6, 6.07) is 4.91. The first-order chi connectivity index (χ1) is 11.5. The van der Waals surface area contributed by atoms with Crippen LogP contribution < -0.4 is 4.74 Å². The molecule has 1 aliphatic rings. The van der Waals surface area contributed by atoms with Gasteiger partial charge in [0.05, 0.1) is 5.02 Å². The second-order valence-electron chi connectivity index (χ2n) is 5.68. The van der Waals surface area contributed by atoms with Gasteiger partial charge in [-0.05, 0) is 31.0 Å². The zero-order valence-electron chi connectivity index (χ0n) is 13.2. The van der Waals surface area contributed by atoms with Gasteiger partial charge in [-0.25, -0.2) is 0 Å². The third-order valence-electron chi connectivity index (χ3n) is 3.98. The number of hydrogen-bond acceptors (Lipinski definition) is 5. The van der Waals surface area contributed by atoms with Crippen LogP contribution >= 0.6 is 23.2 Å². The van der Waals surface area contributed by atoms with Gasteiger partial charge in [0.2, 0.25) is 11.8 Å². The zero-order chi connectivity index (χ0) is 17.1. The van der Waals surface area contributed by atoms with Crippen molar-refractivity contribution in [1.29, 1.82) is 0 Å². The summed E-state index contributed by atoms with van der Waals surface area (Å²) in [6.45, 7) is 3.01. The molecule has 1 aromatic heterocycles. The molecule has 0 spiro atoms. The Bertz CT molecular complexity index is 727.